The Labute approximate surface area is 155 Å². The number of hydrogen-bond donors (Lipinski definition) is 0. The lowest BCUT2D eigenvalue weighted by Crippen LogP contribution is -2.35. The number of carbonyl (C=O) groups excluding carboxylic acids is 1. The predicted molar refractivity (Wildman–Crippen MR) is 98.5 cm³/mol. The SMILES string of the molecule is O=C(c1cccc(F)c1)N1CCCCC[C@H]1c1cc(-c2cccs2)on1. The molecule has 0 spiro atoms. The summed E-state index contributed by atoms with van der Waals surface area (Å²) in [5.74, 6) is 0.165. The molecule has 134 valence electrons. The summed E-state index contributed by atoms with van der Waals surface area (Å²) in [5, 5.41) is 6.23. The van der Waals surface area contributed by atoms with Crippen LogP contribution < -0.4 is 0 Å². The molecule has 1 aliphatic rings. The van der Waals surface area contributed by atoms with Gasteiger partial charge in [0.1, 0.15) is 11.5 Å². The molecule has 4 rings (SSSR count). The first-order valence-corrected chi connectivity index (χ1v) is 9.67. The second-order valence-corrected chi connectivity index (χ2v) is 7.42. The van der Waals surface area contributed by atoms with Crippen LogP contribution in [0.25, 0.3) is 10.6 Å². The van der Waals surface area contributed by atoms with Crippen LogP contribution in [0.5, 0.6) is 0 Å². The molecule has 2 aromatic heterocycles. The van der Waals surface area contributed by atoms with Crippen molar-refractivity contribution in [3.05, 3.63) is 64.9 Å². The number of amides is 1. The van der Waals surface area contributed by atoms with E-state index in [1.807, 2.05) is 28.5 Å². The Balaban J connectivity index is 1.65. The number of thiophene rings is 1. The number of rotatable bonds is 3. The minimum absolute atomic E-state index is 0.147. The molecule has 1 atom stereocenters. The first-order valence-electron chi connectivity index (χ1n) is 8.79. The lowest BCUT2D eigenvalue weighted by atomic mass is 10.0. The zero-order valence-corrected chi connectivity index (χ0v) is 15.0. The summed E-state index contributed by atoms with van der Waals surface area (Å²) >= 11 is 1.59. The van der Waals surface area contributed by atoms with Gasteiger partial charge in [-0.15, -0.1) is 11.3 Å². The summed E-state index contributed by atoms with van der Waals surface area (Å²) in [6.45, 7) is 0.640. The summed E-state index contributed by atoms with van der Waals surface area (Å²) < 4.78 is 19.1. The smallest absolute Gasteiger partial charge is 0.254 e. The monoisotopic (exact) mass is 370 g/mol. The van der Waals surface area contributed by atoms with Gasteiger partial charge in [0, 0.05) is 18.2 Å². The Morgan fingerprint density at radius 1 is 1.19 bits per heavy atom. The quantitative estimate of drug-likeness (QED) is 0.628. The molecule has 6 heteroatoms. The molecule has 0 N–H and O–H groups in total. The summed E-state index contributed by atoms with van der Waals surface area (Å²) in [6, 6.07) is 11.6. The molecule has 1 saturated heterocycles. The van der Waals surface area contributed by atoms with Crippen LogP contribution in [0.2, 0.25) is 0 Å². The molecule has 0 radical (unpaired) electrons. The van der Waals surface area contributed by atoms with Gasteiger partial charge in [0.05, 0.1) is 10.9 Å². The molecule has 1 amide bonds. The highest BCUT2D eigenvalue weighted by Gasteiger charge is 2.30. The molecule has 0 unspecified atom stereocenters. The first kappa shape index (κ1) is 17.0. The molecule has 26 heavy (non-hydrogen) atoms. The minimum Gasteiger partial charge on any atom is -0.355 e. The van der Waals surface area contributed by atoms with Crippen molar-refractivity contribution in [1.82, 2.24) is 10.1 Å². The molecule has 0 saturated carbocycles. The number of hydrogen-bond acceptors (Lipinski definition) is 4. The third-order valence-electron chi connectivity index (χ3n) is 4.72. The van der Waals surface area contributed by atoms with Gasteiger partial charge < -0.3 is 9.42 Å². The van der Waals surface area contributed by atoms with Crippen LogP contribution in [0.4, 0.5) is 4.39 Å². The molecule has 1 aliphatic heterocycles. The van der Waals surface area contributed by atoms with Gasteiger partial charge in [-0.3, -0.25) is 4.79 Å². The number of carbonyl (C=O) groups is 1. The fraction of sp³-hybridized carbons (Fsp3) is 0.300. The number of benzene rings is 1. The van der Waals surface area contributed by atoms with Crippen molar-refractivity contribution in [2.24, 2.45) is 0 Å². The molecular weight excluding hydrogens is 351 g/mol. The summed E-state index contributed by atoms with van der Waals surface area (Å²) in [6.07, 6.45) is 3.86. The number of nitrogens with zero attached hydrogens (tertiary/aromatic N) is 2. The van der Waals surface area contributed by atoms with E-state index in [9.17, 15) is 9.18 Å². The lowest BCUT2D eigenvalue weighted by Gasteiger charge is -2.28. The predicted octanol–water partition coefficient (Wildman–Crippen LogP) is 5.30. The van der Waals surface area contributed by atoms with E-state index in [2.05, 4.69) is 5.16 Å². The zero-order valence-electron chi connectivity index (χ0n) is 14.2. The van der Waals surface area contributed by atoms with Gasteiger partial charge in [-0.05, 0) is 42.5 Å². The lowest BCUT2D eigenvalue weighted by molar-refractivity contribution is 0.0673. The van der Waals surface area contributed by atoms with Gasteiger partial charge in [0.2, 0.25) is 0 Å². The van der Waals surface area contributed by atoms with Crippen molar-refractivity contribution in [3.63, 3.8) is 0 Å². The van der Waals surface area contributed by atoms with E-state index in [4.69, 9.17) is 4.52 Å². The molecule has 1 aromatic carbocycles. The zero-order chi connectivity index (χ0) is 17.9. The van der Waals surface area contributed by atoms with Crippen molar-refractivity contribution in [1.29, 1.82) is 0 Å². The van der Waals surface area contributed by atoms with Gasteiger partial charge in [-0.2, -0.15) is 0 Å². The van der Waals surface area contributed by atoms with Gasteiger partial charge in [0.25, 0.3) is 5.91 Å². The maximum atomic E-state index is 13.6. The Morgan fingerprint density at radius 3 is 2.92 bits per heavy atom. The van der Waals surface area contributed by atoms with Crippen molar-refractivity contribution >= 4 is 17.2 Å². The minimum atomic E-state index is -0.399. The fourth-order valence-corrected chi connectivity index (χ4v) is 4.10. The van der Waals surface area contributed by atoms with E-state index >= 15 is 0 Å². The van der Waals surface area contributed by atoms with Crippen LogP contribution in [-0.2, 0) is 0 Å². The molecule has 0 bridgehead atoms. The summed E-state index contributed by atoms with van der Waals surface area (Å²) in [5.41, 5.74) is 1.14. The largest absolute Gasteiger partial charge is 0.355 e. The molecule has 0 aliphatic carbocycles. The second-order valence-electron chi connectivity index (χ2n) is 6.47. The van der Waals surface area contributed by atoms with Gasteiger partial charge in [-0.25, -0.2) is 4.39 Å². The van der Waals surface area contributed by atoms with Crippen molar-refractivity contribution in [2.45, 2.75) is 31.7 Å². The first-order chi connectivity index (χ1) is 12.7. The molecule has 4 nitrogen and oxygen atoms in total. The Hall–Kier alpha value is -2.47. The van der Waals surface area contributed by atoms with Crippen molar-refractivity contribution < 1.29 is 13.7 Å². The highest BCUT2D eigenvalue weighted by atomic mass is 32.1. The molecular formula is C20H19FN2O2S. The van der Waals surface area contributed by atoms with Crippen LogP contribution >= 0.6 is 11.3 Å². The van der Waals surface area contributed by atoms with Crippen LogP contribution in [-0.4, -0.2) is 22.5 Å². The van der Waals surface area contributed by atoms with E-state index in [0.29, 0.717) is 12.1 Å². The van der Waals surface area contributed by atoms with Gasteiger partial charge >= 0.3 is 0 Å². The second kappa shape index (κ2) is 7.41. The van der Waals surface area contributed by atoms with Crippen LogP contribution in [0.15, 0.2) is 52.4 Å². The number of halogens is 1. The molecule has 1 fully saturated rings. The molecule has 3 aromatic rings. The third kappa shape index (κ3) is 3.42. The third-order valence-corrected chi connectivity index (χ3v) is 5.60. The van der Waals surface area contributed by atoms with Crippen LogP contribution in [0.1, 0.15) is 47.8 Å². The topological polar surface area (TPSA) is 46.3 Å². The van der Waals surface area contributed by atoms with Crippen LogP contribution in [0, 0.1) is 5.82 Å². The fourth-order valence-electron chi connectivity index (χ4n) is 3.43. The normalized spacial score (nSPS) is 17.9. The average molecular weight is 370 g/mol. The van der Waals surface area contributed by atoms with E-state index in [1.54, 1.807) is 23.5 Å². The van der Waals surface area contributed by atoms with Crippen molar-refractivity contribution in [2.75, 3.05) is 6.54 Å². The van der Waals surface area contributed by atoms with Gasteiger partial charge in [0.15, 0.2) is 5.76 Å². The Morgan fingerprint density at radius 2 is 2.12 bits per heavy atom. The maximum Gasteiger partial charge on any atom is 0.254 e. The van der Waals surface area contributed by atoms with Crippen LogP contribution in [0.3, 0.4) is 0 Å². The van der Waals surface area contributed by atoms with E-state index in [0.717, 1.165) is 42.0 Å². The summed E-state index contributed by atoms with van der Waals surface area (Å²) in [7, 11) is 0. The standard InChI is InChI=1S/C20H19FN2O2S/c21-15-7-4-6-14(12-15)20(24)23-10-3-1-2-8-17(23)16-13-18(25-22-16)19-9-5-11-26-19/h4-7,9,11-13,17H,1-3,8,10H2/t17-/m0/s1. The molecule has 3 heterocycles. The highest BCUT2D eigenvalue weighted by Crippen LogP contribution is 2.34. The number of aromatic nitrogens is 1. The highest BCUT2D eigenvalue weighted by molar-refractivity contribution is 7.13. The van der Waals surface area contributed by atoms with E-state index in [1.165, 1.54) is 12.1 Å². The van der Waals surface area contributed by atoms with E-state index < -0.39 is 5.82 Å². The summed E-state index contributed by atoms with van der Waals surface area (Å²) in [4.78, 5) is 15.9. The van der Waals surface area contributed by atoms with Crippen molar-refractivity contribution in [3.8, 4) is 10.6 Å². The number of likely N-dealkylation sites (tertiary alicyclic amines) is 1. The van der Waals surface area contributed by atoms with E-state index in [-0.39, 0.29) is 11.9 Å². The van der Waals surface area contributed by atoms with Gasteiger partial charge in [-0.1, -0.05) is 30.1 Å². The average Bonchev–Trinajstić information content (AvgIpc) is 3.29. The Bertz CT molecular complexity index is 891. The maximum absolute atomic E-state index is 13.6. The Kier molecular flexibility index (Phi) is 4.84.